The highest BCUT2D eigenvalue weighted by molar-refractivity contribution is 5.80. The quantitative estimate of drug-likeness (QED) is 0.553. The van der Waals surface area contributed by atoms with E-state index in [9.17, 15) is 4.79 Å². The Kier molecular flexibility index (Phi) is 1.33. The fraction of sp³-hybridized carbons (Fsp3) is 0. The summed E-state index contributed by atoms with van der Waals surface area (Å²) in [5.41, 5.74) is 6.58. The molecule has 4 nitrogen and oxygen atoms in total. The third kappa shape index (κ3) is 0.934. The van der Waals surface area contributed by atoms with E-state index >= 15 is 0 Å². The van der Waals surface area contributed by atoms with Crippen molar-refractivity contribution in [2.75, 3.05) is 5.73 Å². The predicted octanol–water partition coefficient (Wildman–Crippen LogP) is 0.505. The second-order valence-corrected chi connectivity index (χ2v) is 2.51. The van der Waals surface area contributed by atoms with Crippen LogP contribution in [0.3, 0.4) is 0 Å². The molecule has 0 saturated heterocycles. The molecule has 0 amide bonds. The smallest absolute Gasteiger partial charge is 0.280 e. The SMILES string of the molecule is Nc1ccc2[nH]cnc(=O)c2c1. The molecule has 4 heteroatoms. The van der Waals surface area contributed by atoms with E-state index in [0.717, 1.165) is 5.52 Å². The van der Waals surface area contributed by atoms with Crippen molar-refractivity contribution in [2.24, 2.45) is 0 Å². The number of nitrogens with zero attached hydrogens (tertiary/aromatic N) is 1. The topological polar surface area (TPSA) is 71.8 Å². The van der Waals surface area contributed by atoms with Gasteiger partial charge in [0.25, 0.3) is 5.56 Å². The molecule has 3 N–H and O–H groups in total. The molecule has 0 bridgehead atoms. The number of nitrogens with one attached hydrogen (secondary N) is 1. The van der Waals surface area contributed by atoms with E-state index in [1.165, 1.54) is 6.33 Å². The van der Waals surface area contributed by atoms with Gasteiger partial charge in [-0.1, -0.05) is 0 Å². The number of aromatic amines is 1. The molecular formula is C8H7N3O. The fourth-order valence-corrected chi connectivity index (χ4v) is 1.09. The summed E-state index contributed by atoms with van der Waals surface area (Å²) in [6.07, 6.45) is 1.38. The zero-order valence-electron chi connectivity index (χ0n) is 6.24. The Bertz CT molecular complexity index is 475. The van der Waals surface area contributed by atoms with Crippen molar-refractivity contribution < 1.29 is 0 Å². The van der Waals surface area contributed by atoms with Gasteiger partial charge in [0.05, 0.1) is 17.2 Å². The zero-order valence-corrected chi connectivity index (χ0v) is 6.24. The summed E-state index contributed by atoms with van der Waals surface area (Å²) in [5.74, 6) is 0. The summed E-state index contributed by atoms with van der Waals surface area (Å²) in [5, 5.41) is 0.525. The largest absolute Gasteiger partial charge is 0.399 e. The van der Waals surface area contributed by atoms with E-state index in [0.29, 0.717) is 11.1 Å². The minimum absolute atomic E-state index is 0.254. The predicted molar refractivity (Wildman–Crippen MR) is 46.8 cm³/mol. The molecule has 2 rings (SSSR count). The fourth-order valence-electron chi connectivity index (χ4n) is 1.09. The van der Waals surface area contributed by atoms with Crippen LogP contribution in [-0.2, 0) is 0 Å². The number of nitrogen functional groups attached to an aromatic ring is 1. The van der Waals surface area contributed by atoms with Gasteiger partial charge in [0.15, 0.2) is 0 Å². The van der Waals surface area contributed by atoms with Crippen molar-refractivity contribution in [2.45, 2.75) is 0 Å². The van der Waals surface area contributed by atoms with Gasteiger partial charge in [-0.3, -0.25) is 4.79 Å². The lowest BCUT2D eigenvalue weighted by Gasteiger charge is -1.96. The summed E-state index contributed by atoms with van der Waals surface area (Å²) >= 11 is 0. The van der Waals surface area contributed by atoms with E-state index in [-0.39, 0.29) is 5.56 Å². The van der Waals surface area contributed by atoms with Crippen molar-refractivity contribution in [1.29, 1.82) is 0 Å². The molecule has 0 atom stereocenters. The molecule has 1 aromatic heterocycles. The molecule has 0 unspecified atom stereocenters. The average Bonchev–Trinajstić information content (AvgIpc) is 2.07. The third-order valence-corrected chi connectivity index (χ3v) is 1.68. The number of hydrogen-bond acceptors (Lipinski definition) is 3. The van der Waals surface area contributed by atoms with Crippen molar-refractivity contribution in [3.05, 3.63) is 34.9 Å². The number of anilines is 1. The van der Waals surface area contributed by atoms with Crippen LogP contribution >= 0.6 is 0 Å². The number of fused-ring (bicyclic) bond motifs is 1. The molecule has 2 aromatic rings. The molecule has 1 aromatic carbocycles. The molecule has 12 heavy (non-hydrogen) atoms. The molecule has 1 heterocycles. The van der Waals surface area contributed by atoms with Crippen molar-refractivity contribution in [1.82, 2.24) is 9.97 Å². The van der Waals surface area contributed by atoms with E-state index in [4.69, 9.17) is 5.73 Å². The van der Waals surface area contributed by atoms with Gasteiger partial charge in [-0.2, -0.15) is 4.98 Å². The Hall–Kier alpha value is -1.84. The first-order valence-corrected chi connectivity index (χ1v) is 3.50. The standard InChI is InChI=1S/C8H7N3O/c9-5-1-2-7-6(3-5)8(12)11-4-10-7/h1-4H,9H2,(H,10,11,12). The number of aromatic nitrogens is 2. The van der Waals surface area contributed by atoms with E-state index in [1.807, 2.05) is 0 Å². The lowest BCUT2D eigenvalue weighted by Crippen LogP contribution is -2.06. The minimum atomic E-state index is -0.254. The first-order valence-electron chi connectivity index (χ1n) is 3.50. The molecule has 0 spiro atoms. The first kappa shape index (κ1) is 6.84. The van der Waals surface area contributed by atoms with Crippen LogP contribution in [0.4, 0.5) is 5.69 Å². The zero-order chi connectivity index (χ0) is 8.55. The van der Waals surface area contributed by atoms with Gasteiger partial charge < -0.3 is 10.7 Å². The Labute approximate surface area is 68.1 Å². The normalized spacial score (nSPS) is 10.3. The summed E-state index contributed by atoms with van der Waals surface area (Å²) in [6, 6.07) is 5.10. The number of rotatable bonds is 0. The van der Waals surface area contributed by atoms with Crippen molar-refractivity contribution >= 4 is 16.6 Å². The van der Waals surface area contributed by atoms with Crippen LogP contribution in [0.1, 0.15) is 0 Å². The van der Waals surface area contributed by atoms with Gasteiger partial charge in [-0.15, -0.1) is 0 Å². The Morgan fingerprint density at radius 3 is 3.08 bits per heavy atom. The molecule has 0 radical (unpaired) electrons. The van der Waals surface area contributed by atoms with Crippen LogP contribution in [-0.4, -0.2) is 9.97 Å². The van der Waals surface area contributed by atoms with E-state index in [1.54, 1.807) is 18.2 Å². The average molecular weight is 161 g/mol. The molecule has 0 saturated carbocycles. The Balaban J connectivity index is 2.98. The number of nitrogens with two attached hydrogens (primary N) is 1. The molecule has 0 aliphatic rings. The van der Waals surface area contributed by atoms with Gasteiger partial charge in [-0.05, 0) is 18.2 Å². The lowest BCUT2D eigenvalue weighted by atomic mass is 10.2. The van der Waals surface area contributed by atoms with Gasteiger partial charge in [0.2, 0.25) is 0 Å². The molecular weight excluding hydrogens is 154 g/mol. The van der Waals surface area contributed by atoms with Gasteiger partial charge >= 0.3 is 0 Å². The van der Waals surface area contributed by atoms with Gasteiger partial charge in [-0.25, -0.2) is 0 Å². The van der Waals surface area contributed by atoms with Crippen LogP contribution in [0.5, 0.6) is 0 Å². The van der Waals surface area contributed by atoms with Crippen molar-refractivity contribution in [3.8, 4) is 0 Å². The third-order valence-electron chi connectivity index (χ3n) is 1.68. The van der Waals surface area contributed by atoms with Gasteiger partial charge in [0.1, 0.15) is 0 Å². The van der Waals surface area contributed by atoms with Gasteiger partial charge in [0, 0.05) is 5.69 Å². The van der Waals surface area contributed by atoms with Crippen molar-refractivity contribution in [3.63, 3.8) is 0 Å². The monoisotopic (exact) mass is 161 g/mol. The molecule has 0 fully saturated rings. The van der Waals surface area contributed by atoms with E-state index < -0.39 is 0 Å². The van der Waals surface area contributed by atoms with Crippen LogP contribution < -0.4 is 11.3 Å². The summed E-state index contributed by atoms with van der Waals surface area (Å²) in [7, 11) is 0. The highest BCUT2D eigenvalue weighted by Gasteiger charge is 1.97. The minimum Gasteiger partial charge on any atom is -0.399 e. The summed E-state index contributed by atoms with van der Waals surface area (Å²) < 4.78 is 0. The highest BCUT2D eigenvalue weighted by atomic mass is 16.1. The molecule has 0 aliphatic heterocycles. The highest BCUT2D eigenvalue weighted by Crippen LogP contribution is 2.09. The summed E-state index contributed by atoms with van der Waals surface area (Å²) in [6.45, 7) is 0. The second-order valence-electron chi connectivity index (χ2n) is 2.51. The Morgan fingerprint density at radius 2 is 2.25 bits per heavy atom. The van der Waals surface area contributed by atoms with E-state index in [2.05, 4.69) is 9.97 Å². The number of H-pyrrole nitrogens is 1. The maximum Gasteiger partial charge on any atom is 0.280 e. The maximum absolute atomic E-state index is 11.1. The second kappa shape index (κ2) is 2.34. The van der Waals surface area contributed by atoms with Crippen LogP contribution in [0.15, 0.2) is 29.3 Å². The molecule has 0 aliphatic carbocycles. The molecule has 60 valence electrons. The Morgan fingerprint density at radius 1 is 1.42 bits per heavy atom. The number of hydrogen-bond donors (Lipinski definition) is 2. The number of benzene rings is 1. The lowest BCUT2D eigenvalue weighted by molar-refractivity contribution is 1.17. The van der Waals surface area contributed by atoms with Crippen LogP contribution in [0.2, 0.25) is 0 Å². The maximum atomic E-state index is 11.1. The summed E-state index contributed by atoms with van der Waals surface area (Å²) in [4.78, 5) is 17.6. The first-order chi connectivity index (χ1) is 5.77. The van der Waals surface area contributed by atoms with Crippen LogP contribution in [0.25, 0.3) is 10.9 Å². The van der Waals surface area contributed by atoms with Crippen LogP contribution in [0, 0.1) is 0 Å².